The van der Waals surface area contributed by atoms with Crippen molar-refractivity contribution in [1.82, 2.24) is 0 Å². The molecule has 0 radical (unpaired) electrons. The first-order chi connectivity index (χ1) is 3.83. The third-order valence-electron chi connectivity index (χ3n) is 1.38. The first kappa shape index (κ1) is 8.72. The molecule has 0 heterocycles. The summed E-state index contributed by atoms with van der Waals surface area (Å²) in [5.41, 5.74) is 5.40. The van der Waals surface area contributed by atoms with E-state index >= 15 is 0 Å². The summed E-state index contributed by atoms with van der Waals surface area (Å²) in [6.07, 6.45) is 1.78. The molecule has 0 aliphatic heterocycles. The van der Waals surface area contributed by atoms with Crippen LogP contribution in [0.1, 0.15) is 12.8 Å². The summed E-state index contributed by atoms with van der Waals surface area (Å²) in [5, 5.41) is 0. The monoisotopic (exact) mass is 151 g/mol. The minimum absolute atomic E-state index is 0. The predicted octanol–water partition coefficient (Wildman–Crippen LogP) is 0.0709. The number of rotatable bonds is 2. The lowest BCUT2D eigenvalue weighted by atomic mass is 9.90. The molecule has 0 aromatic rings. The van der Waals surface area contributed by atoms with Crippen LogP contribution in [-0.2, 0) is 9.53 Å². The minimum Gasteiger partial charge on any atom is -0.464 e. The van der Waals surface area contributed by atoms with E-state index in [0.717, 1.165) is 12.8 Å². The zero-order valence-corrected chi connectivity index (χ0v) is 5.76. The van der Waals surface area contributed by atoms with Crippen molar-refractivity contribution in [2.24, 2.45) is 5.73 Å². The molecule has 0 unspecified atom stereocenters. The summed E-state index contributed by atoms with van der Waals surface area (Å²) in [5.74, 6) is 0. The largest absolute Gasteiger partial charge is 0.464 e. The Morgan fingerprint density at radius 1 is 1.56 bits per heavy atom. The van der Waals surface area contributed by atoms with E-state index in [1.165, 1.54) is 0 Å². The van der Waals surface area contributed by atoms with Gasteiger partial charge in [0, 0.05) is 6.04 Å². The molecule has 54 valence electrons. The summed E-state index contributed by atoms with van der Waals surface area (Å²) < 4.78 is 4.59. The second kappa shape index (κ2) is 3.69. The van der Waals surface area contributed by atoms with Gasteiger partial charge in [0.15, 0.2) is 0 Å². The Bertz CT molecular complexity index is 93.0. The molecule has 3 nitrogen and oxygen atoms in total. The molecule has 1 aliphatic rings. The molecule has 0 saturated heterocycles. The van der Waals surface area contributed by atoms with Crippen LogP contribution in [0.3, 0.4) is 0 Å². The van der Waals surface area contributed by atoms with E-state index in [9.17, 15) is 4.79 Å². The second-order valence-electron chi connectivity index (χ2n) is 2.09. The SMILES string of the molecule is Cl.NC1CC(OC=O)C1. The molecule has 2 N–H and O–H groups in total. The highest BCUT2D eigenvalue weighted by Crippen LogP contribution is 2.19. The molecule has 1 fully saturated rings. The van der Waals surface area contributed by atoms with Crippen LogP contribution in [0, 0.1) is 0 Å². The van der Waals surface area contributed by atoms with Gasteiger partial charge in [0.2, 0.25) is 0 Å². The van der Waals surface area contributed by atoms with E-state index in [0.29, 0.717) is 6.47 Å². The van der Waals surface area contributed by atoms with E-state index in [2.05, 4.69) is 4.74 Å². The molecular formula is C5H10ClNO2. The number of hydrogen-bond acceptors (Lipinski definition) is 3. The van der Waals surface area contributed by atoms with E-state index < -0.39 is 0 Å². The quantitative estimate of drug-likeness (QED) is 0.569. The van der Waals surface area contributed by atoms with Gasteiger partial charge in [-0.3, -0.25) is 4.79 Å². The maximum Gasteiger partial charge on any atom is 0.293 e. The van der Waals surface area contributed by atoms with Gasteiger partial charge >= 0.3 is 0 Å². The first-order valence-electron chi connectivity index (χ1n) is 2.67. The van der Waals surface area contributed by atoms with Crippen molar-refractivity contribution in [3.8, 4) is 0 Å². The van der Waals surface area contributed by atoms with Gasteiger partial charge in [-0.25, -0.2) is 0 Å². The average Bonchev–Trinajstić information content (AvgIpc) is 1.64. The standard InChI is InChI=1S/C5H9NO2.ClH/c6-4-1-5(2-4)8-3-7;/h3-5H,1-2,6H2;1H. The smallest absolute Gasteiger partial charge is 0.293 e. The normalized spacial score (nSPS) is 31.7. The lowest BCUT2D eigenvalue weighted by Crippen LogP contribution is -2.41. The van der Waals surface area contributed by atoms with Gasteiger partial charge in [0.25, 0.3) is 6.47 Å². The molecule has 0 spiro atoms. The van der Waals surface area contributed by atoms with Gasteiger partial charge in [-0.05, 0) is 12.8 Å². The summed E-state index contributed by atoms with van der Waals surface area (Å²) >= 11 is 0. The van der Waals surface area contributed by atoms with Crippen LogP contribution in [0.2, 0.25) is 0 Å². The lowest BCUT2D eigenvalue weighted by molar-refractivity contribution is -0.137. The van der Waals surface area contributed by atoms with E-state index in [-0.39, 0.29) is 24.6 Å². The molecule has 4 heteroatoms. The summed E-state index contributed by atoms with van der Waals surface area (Å²) in [6, 6.07) is 0.264. The topological polar surface area (TPSA) is 52.3 Å². The average molecular weight is 152 g/mol. The highest BCUT2D eigenvalue weighted by atomic mass is 35.5. The molecule has 0 aromatic carbocycles. The summed E-state index contributed by atoms with van der Waals surface area (Å²) in [6.45, 7) is 0.483. The third kappa shape index (κ3) is 2.20. The number of hydrogen-bond donors (Lipinski definition) is 1. The maximum atomic E-state index is 9.65. The van der Waals surface area contributed by atoms with Crippen LogP contribution in [0.5, 0.6) is 0 Å². The minimum atomic E-state index is 0. The number of halogens is 1. The molecule has 0 bridgehead atoms. The van der Waals surface area contributed by atoms with Crippen molar-refractivity contribution in [3.05, 3.63) is 0 Å². The molecule has 9 heavy (non-hydrogen) atoms. The van der Waals surface area contributed by atoms with Crippen LogP contribution >= 0.6 is 12.4 Å². The lowest BCUT2D eigenvalue weighted by Gasteiger charge is -2.29. The van der Waals surface area contributed by atoms with Crippen molar-refractivity contribution in [3.63, 3.8) is 0 Å². The van der Waals surface area contributed by atoms with Crippen molar-refractivity contribution < 1.29 is 9.53 Å². The Hall–Kier alpha value is -0.280. The van der Waals surface area contributed by atoms with Crippen LogP contribution in [0.25, 0.3) is 0 Å². The Labute approximate surface area is 60.0 Å². The predicted molar refractivity (Wildman–Crippen MR) is 35.4 cm³/mol. The Kier molecular flexibility index (Phi) is 3.58. The zero-order chi connectivity index (χ0) is 5.98. The van der Waals surface area contributed by atoms with Gasteiger partial charge in [-0.1, -0.05) is 0 Å². The Morgan fingerprint density at radius 2 is 2.11 bits per heavy atom. The van der Waals surface area contributed by atoms with Crippen LogP contribution in [-0.4, -0.2) is 18.6 Å². The van der Waals surface area contributed by atoms with Gasteiger partial charge in [0.1, 0.15) is 6.10 Å². The fourth-order valence-electron chi connectivity index (χ4n) is 0.796. The highest BCUT2D eigenvalue weighted by molar-refractivity contribution is 5.85. The highest BCUT2D eigenvalue weighted by Gasteiger charge is 2.26. The van der Waals surface area contributed by atoms with E-state index in [1.807, 2.05) is 0 Å². The fraction of sp³-hybridized carbons (Fsp3) is 0.800. The Balaban J connectivity index is 0.000000640. The zero-order valence-electron chi connectivity index (χ0n) is 4.95. The van der Waals surface area contributed by atoms with Gasteiger partial charge < -0.3 is 10.5 Å². The summed E-state index contributed by atoms with van der Waals surface area (Å²) in [7, 11) is 0. The van der Waals surface area contributed by atoms with Crippen molar-refractivity contribution in [1.29, 1.82) is 0 Å². The number of carbonyl (C=O) groups excluding carboxylic acids is 1. The Morgan fingerprint density at radius 3 is 2.44 bits per heavy atom. The second-order valence-corrected chi connectivity index (χ2v) is 2.09. The number of ether oxygens (including phenoxy) is 1. The van der Waals surface area contributed by atoms with Crippen LogP contribution in [0.4, 0.5) is 0 Å². The van der Waals surface area contributed by atoms with Gasteiger partial charge in [-0.2, -0.15) is 0 Å². The number of carbonyl (C=O) groups is 1. The molecule has 1 aliphatic carbocycles. The molecule has 0 amide bonds. The molecule has 1 saturated carbocycles. The summed E-state index contributed by atoms with van der Waals surface area (Å²) in [4.78, 5) is 9.65. The first-order valence-corrected chi connectivity index (χ1v) is 2.67. The fourth-order valence-corrected chi connectivity index (χ4v) is 0.796. The van der Waals surface area contributed by atoms with Gasteiger partial charge in [-0.15, -0.1) is 12.4 Å². The molecule has 0 atom stereocenters. The van der Waals surface area contributed by atoms with Gasteiger partial charge in [0.05, 0.1) is 0 Å². The molecule has 1 rings (SSSR count). The molecule has 0 aromatic heterocycles. The van der Waals surface area contributed by atoms with Crippen LogP contribution in [0.15, 0.2) is 0 Å². The van der Waals surface area contributed by atoms with Crippen molar-refractivity contribution >= 4 is 18.9 Å². The molecular weight excluding hydrogens is 142 g/mol. The number of nitrogens with two attached hydrogens (primary N) is 1. The third-order valence-corrected chi connectivity index (χ3v) is 1.38. The van der Waals surface area contributed by atoms with Crippen molar-refractivity contribution in [2.75, 3.05) is 0 Å². The van der Waals surface area contributed by atoms with E-state index in [4.69, 9.17) is 5.73 Å². The van der Waals surface area contributed by atoms with E-state index in [1.54, 1.807) is 0 Å². The maximum absolute atomic E-state index is 9.65. The van der Waals surface area contributed by atoms with Crippen LogP contribution < -0.4 is 5.73 Å². The van der Waals surface area contributed by atoms with Crippen molar-refractivity contribution in [2.45, 2.75) is 25.0 Å².